The van der Waals surface area contributed by atoms with Gasteiger partial charge in [-0.2, -0.15) is 0 Å². The zero-order valence-electron chi connectivity index (χ0n) is 8.70. The summed E-state index contributed by atoms with van der Waals surface area (Å²) in [5.41, 5.74) is 3.14. The van der Waals surface area contributed by atoms with Crippen molar-refractivity contribution in [3.8, 4) is 0 Å². The summed E-state index contributed by atoms with van der Waals surface area (Å²) in [7, 11) is 0. The average Bonchev–Trinajstić information content (AvgIpc) is 2.67. The second kappa shape index (κ2) is 3.59. The smallest absolute Gasteiger partial charge is 0.0934 e. The van der Waals surface area contributed by atoms with Crippen LogP contribution in [0, 0.1) is 0 Å². The van der Waals surface area contributed by atoms with Gasteiger partial charge in [-0.25, -0.2) is 0 Å². The Morgan fingerprint density at radius 2 is 2.06 bits per heavy atom. The van der Waals surface area contributed by atoms with Gasteiger partial charge in [-0.15, -0.1) is 0 Å². The van der Waals surface area contributed by atoms with Crippen molar-refractivity contribution >= 4 is 21.8 Å². The molecule has 0 unspecified atom stereocenters. The molecule has 0 spiro atoms. The highest BCUT2D eigenvalue weighted by Crippen LogP contribution is 2.25. The Labute approximate surface area is 92.1 Å². The molecule has 0 aliphatic carbocycles. The molecule has 0 radical (unpaired) electrons. The van der Waals surface area contributed by atoms with Crippen LogP contribution in [0.25, 0.3) is 21.8 Å². The van der Waals surface area contributed by atoms with Gasteiger partial charge < -0.3 is 4.98 Å². The van der Waals surface area contributed by atoms with E-state index in [1.165, 1.54) is 0 Å². The first-order chi connectivity index (χ1) is 7.88. The van der Waals surface area contributed by atoms with Crippen LogP contribution < -0.4 is 0 Å². The maximum Gasteiger partial charge on any atom is 0.0934 e. The van der Waals surface area contributed by atoms with Gasteiger partial charge in [-0.05, 0) is 17.7 Å². The summed E-state index contributed by atoms with van der Waals surface area (Å²) in [6.45, 7) is -0.312. The number of aromatic nitrogens is 2. The number of pyridine rings is 1. The number of fused-ring (bicyclic) bond motifs is 3. The Balaban J connectivity index is 2.28. The summed E-state index contributed by atoms with van der Waals surface area (Å²) in [5.74, 6) is 0. The van der Waals surface area contributed by atoms with Gasteiger partial charge >= 0.3 is 0 Å². The first-order valence-corrected chi connectivity index (χ1v) is 5.29. The van der Waals surface area contributed by atoms with Gasteiger partial charge in [-0.1, -0.05) is 12.1 Å². The molecule has 3 aromatic rings. The normalized spacial score (nSPS) is 11.3. The number of aryl methyl sites for hydroxylation is 1. The zero-order valence-corrected chi connectivity index (χ0v) is 8.70. The third-order valence-electron chi connectivity index (χ3n) is 2.85. The fraction of sp³-hybridized carbons (Fsp3) is 0.154. The summed E-state index contributed by atoms with van der Waals surface area (Å²) in [4.78, 5) is 7.43. The van der Waals surface area contributed by atoms with Crippen LogP contribution in [-0.2, 0) is 6.42 Å². The largest absolute Gasteiger partial charge is 0.354 e. The second-order valence-electron chi connectivity index (χ2n) is 3.87. The van der Waals surface area contributed by atoms with E-state index >= 15 is 0 Å². The molecule has 3 heteroatoms. The number of aromatic amines is 1. The highest BCUT2D eigenvalue weighted by Gasteiger charge is 2.04. The number of nitrogens with one attached hydrogen (secondary N) is 1. The Bertz CT molecular complexity index is 643. The Morgan fingerprint density at radius 1 is 1.12 bits per heavy atom. The average molecular weight is 213 g/mol. The van der Waals surface area contributed by atoms with Crippen LogP contribution in [-0.4, -0.2) is 16.6 Å². The number of benzene rings is 1. The molecule has 0 saturated heterocycles. The highest BCUT2D eigenvalue weighted by atomic mass is 18.2. The lowest BCUT2D eigenvalue weighted by Crippen LogP contribution is -1.85. The summed E-state index contributed by atoms with van der Waals surface area (Å²) in [6, 6.07) is 7.96. The van der Waals surface area contributed by atoms with Gasteiger partial charge in [0.1, 0.15) is 0 Å². The van der Waals surface area contributed by atoms with E-state index in [0.717, 1.165) is 27.4 Å². The van der Waals surface area contributed by atoms with Crippen molar-refractivity contribution in [1.29, 1.82) is 0 Å². The van der Waals surface area contributed by atoms with Crippen molar-refractivity contribution in [2.75, 3.05) is 6.67 Å². The minimum atomic E-state index is -0.312. The molecule has 0 aliphatic heterocycles. The Kier molecular flexibility index (Phi) is 2.10. The number of H-pyrrole nitrogens is 1. The second-order valence-corrected chi connectivity index (χ2v) is 3.87. The Morgan fingerprint density at radius 3 is 2.94 bits per heavy atom. The van der Waals surface area contributed by atoms with Crippen LogP contribution in [0.5, 0.6) is 0 Å². The molecule has 0 aliphatic rings. The van der Waals surface area contributed by atoms with Crippen molar-refractivity contribution in [1.82, 2.24) is 9.97 Å². The molecule has 16 heavy (non-hydrogen) atoms. The molecule has 0 atom stereocenters. The van der Waals surface area contributed by atoms with E-state index in [2.05, 4.69) is 9.97 Å². The first-order valence-electron chi connectivity index (χ1n) is 5.29. The van der Waals surface area contributed by atoms with Crippen LogP contribution in [0.1, 0.15) is 5.56 Å². The van der Waals surface area contributed by atoms with Crippen molar-refractivity contribution in [2.45, 2.75) is 6.42 Å². The zero-order chi connectivity index (χ0) is 11.0. The number of hydrogen-bond acceptors (Lipinski definition) is 1. The molecule has 2 nitrogen and oxygen atoms in total. The maximum atomic E-state index is 12.3. The topological polar surface area (TPSA) is 28.7 Å². The van der Waals surface area contributed by atoms with E-state index in [0.29, 0.717) is 6.42 Å². The lowest BCUT2D eigenvalue weighted by atomic mass is 10.1. The Hall–Kier alpha value is -1.90. The van der Waals surface area contributed by atoms with Crippen LogP contribution in [0.3, 0.4) is 0 Å². The molecule has 1 aromatic carbocycles. The summed E-state index contributed by atoms with van der Waals surface area (Å²) in [5, 5.41) is 2.26. The van der Waals surface area contributed by atoms with E-state index < -0.39 is 0 Å². The summed E-state index contributed by atoms with van der Waals surface area (Å²) < 4.78 is 12.3. The molecular weight excluding hydrogens is 202 g/mol. The predicted octanol–water partition coefficient (Wildman–Crippen LogP) is 3.23. The van der Waals surface area contributed by atoms with E-state index in [1.54, 1.807) is 6.20 Å². The van der Waals surface area contributed by atoms with E-state index in [4.69, 9.17) is 0 Å². The van der Waals surface area contributed by atoms with Crippen LogP contribution in [0.15, 0.2) is 36.7 Å². The molecule has 0 fully saturated rings. The van der Waals surface area contributed by atoms with Crippen LogP contribution >= 0.6 is 0 Å². The molecular formula is C13H11FN2. The van der Waals surface area contributed by atoms with Gasteiger partial charge in [-0.3, -0.25) is 9.37 Å². The third kappa shape index (κ3) is 1.36. The van der Waals surface area contributed by atoms with Crippen molar-refractivity contribution in [2.24, 2.45) is 0 Å². The van der Waals surface area contributed by atoms with Gasteiger partial charge in [0.2, 0.25) is 0 Å². The maximum absolute atomic E-state index is 12.3. The van der Waals surface area contributed by atoms with Gasteiger partial charge in [0.25, 0.3) is 0 Å². The monoisotopic (exact) mass is 213 g/mol. The lowest BCUT2D eigenvalue weighted by molar-refractivity contribution is 0.495. The SMILES string of the molecule is [18F]CCc1ccc2c(c1)[nH]c1ccncc12. The van der Waals surface area contributed by atoms with Gasteiger partial charge in [0.05, 0.1) is 6.67 Å². The molecule has 3 rings (SSSR count). The first kappa shape index (κ1) is 9.33. The molecule has 0 saturated carbocycles. The predicted molar refractivity (Wildman–Crippen MR) is 63.3 cm³/mol. The fourth-order valence-electron chi connectivity index (χ4n) is 2.06. The summed E-state index contributed by atoms with van der Waals surface area (Å²) in [6.07, 6.45) is 4.09. The van der Waals surface area contributed by atoms with Crippen molar-refractivity contribution in [3.63, 3.8) is 0 Å². The minimum Gasteiger partial charge on any atom is -0.354 e. The highest BCUT2D eigenvalue weighted by molar-refractivity contribution is 6.06. The molecule has 2 heterocycles. The summed E-state index contributed by atoms with van der Waals surface area (Å²) >= 11 is 0. The number of rotatable bonds is 2. The molecule has 1 N–H and O–H groups in total. The van der Waals surface area contributed by atoms with E-state index in [1.807, 2.05) is 30.5 Å². The molecule has 0 bridgehead atoms. The van der Waals surface area contributed by atoms with Gasteiger partial charge in [0, 0.05) is 40.6 Å². The van der Waals surface area contributed by atoms with E-state index in [9.17, 15) is 4.39 Å². The van der Waals surface area contributed by atoms with E-state index in [-0.39, 0.29) is 6.67 Å². The number of alkyl halides is 1. The molecule has 2 aromatic heterocycles. The minimum absolute atomic E-state index is 0.312. The molecule has 80 valence electrons. The standard InChI is InChI=1S/C13H11FN2/c14-5-3-9-1-2-10-11-8-15-6-4-12(11)16-13(10)7-9/h1-2,4,6-8,16H,3,5H2/i14-1. The quantitative estimate of drug-likeness (QED) is 0.695. The van der Waals surface area contributed by atoms with Crippen molar-refractivity contribution in [3.05, 3.63) is 42.2 Å². The van der Waals surface area contributed by atoms with Gasteiger partial charge in [0.15, 0.2) is 0 Å². The molecule has 0 amide bonds. The fourth-order valence-corrected chi connectivity index (χ4v) is 2.06. The van der Waals surface area contributed by atoms with Crippen molar-refractivity contribution < 1.29 is 4.39 Å². The third-order valence-corrected chi connectivity index (χ3v) is 2.85. The number of hydrogen-bond donors (Lipinski definition) is 1. The number of nitrogens with zero attached hydrogens (tertiary/aromatic N) is 1. The number of halogens is 1. The lowest BCUT2D eigenvalue weighted by Gasteiger charge is -1.97. The van der Waals surface area contributed by atoms with Crippen LogP contribution in [0.4, 0.5) is 4.39 Å². The van der Waals surface area contributed by atoms with Crippen LogP contribution in [0.2, 0.25) is 0 Å².